The van der Waals surface area contributed by atoms with Crippen molar-refractivity contribution in [3.8, 4) is 10.8 Å². The molecule has 1 saturated heterocycles. The fourth-order valence-electron chi connectivity index (χ4n) is 2.32. The minimum absolute atomic E-state index is 0.0635. The maximum atomic E-state index is 12.3. The smallest absolute Gasteiger partial charge is 0.263 e. The average molecular weight is 306 g/mol. The molecular weight excluding hydrogens is 288 g/mol. The first-order valence-corrected chi connectivity index (χ1v) is 7.85. The van der Waals surface area contributed by atoms with E-state index in [1.54, 1.807) is 0 Å². The van der Waals surface area contributed by atoms with Gasteiger partial charge in [-0.25, -0.2) is 4.98 Å². The van der Waals surface area contributed by atoms with Crippen molar-refractivity contribution in [3.05, 3.63) is 28.5 Å². The molecule has 0 radical (unpaired) electrons. The second-order valence-electron chi connectivity index (χ2n) is 5.28. The summed E-state index contributed by atoms with van der Waals surface area (Å²) >= 11 is 1.37. The number of hydrogen-bond acceptors (Lipinski definition) is 5. The Hall–Kier alpha value is -1.66. The summed E-state index contributed by atoms with van der Waals surface area (Å²) in [5, 5.41) is 3.72. The normalized spacial score (nSPS) is 18.1. The van der Waals surface area contributed by atoms with Crippen molar-refractivity contribution in [2.75, 3.05) is 19.8 Å². The highest BCUT2D eigenvalue weighted by Crippen LogP contribution is 2.29. The van der Waals surface area contributed by atoms with Gasteiger partial charge in [0.05, 0.1) is 12.3 Å². The lowest BCUT2D eigenvalue weighted by atomic mass is 10.1. The van der Waals surface area contributed by atoms with Gasteiger partial charge in [-0.2, -0.15) is 0 Å². The molecule has 5 nitrogen and oxygen atoms in total. The van der Waals surface area contributed by atoms with Crippen LogP contribution in [0.3, 0.4) is 0 Å². The molecule has 1 aliphatic rings. The Morgan fingerprint density at radius 1 is 1.48 bits per heavy atom. The molecule has 0 aromatic carbocycles. The zero-order chi connectivity index (χ0) is 14.8. The Kier molecular flexibility index (Phi) is 4.07. The minimum atomic E-state index is -0.0635. The van der Waals surface area contributed by atoms with Crippen molar-refractivity contribution in [2.24, 2.45) is 5.92 Å². The van der Waals surface area contributed by atoms with Gasteiger partial charge in [-0.15, -0.1) is 11.3 Å². The number of carbonyl (C=O) groups is 1. The molecule has 1 atom stereocenters. The fourth-order valence-corrected chi connectivity index (χ4v) is 3.27. The molecule has 1 amide bonds. The molecule has 0 aliphatic carbocycles. The molecule has 0 saturated carbocycles. The Morgan fingerprint density at radius 2 is 2.33 bits per heavy atom. The number of thiazole rings is 1. The number of amides is 1. The molecule has 1 N–H and O–H groups in total. The summed E-state index contributed by atoms with van der Waals surface area (Å²) in [4.78, 5) is 17.3. The van der Waals surface area contributed by atoms with Crippen LogP contribution in [-0.2, 0) is 4.74 Å². The van der Waals surface area contributed by atoms with Crippen LogP contribution in [-0.4, -0.2) is 30.6 Å². The van der Waals surface area contributed by atoms with E-state index < -0.39 is 0 Å². The molecule has 3 heterocycles. The molecule has 1 aliphatic heterocycles. The molecular formula is C15H18N2O3S. The molecule has 2 aromatic heterocycles. The SMILES string of the molecule is Cc1ccc(-c2nc(C)c(C(=O)NCC3CCOC3)s2)o1. The maximum absolute atomic E-state index is 12.3. The van der Waals surface area contributed by atoms with Crippen molar-refractivity contribution < 1.29 is 13.9 Å². The third-order valence-corrected chi connectivity index (χ3v) is 4.70. The highest BCUT2D eigenvalue weighted by atomic mass is 32.1. The number of ether oxygens (including phenoxy) is 1. The lowest BCUT2D eigenvalue weighted by Crippen LogP contribution is -2.29. The quantitative estimate of drug-likeness (QED) is 0.943. The van der Waals surface area contributed by atoms with Gasteiger partial charge in [0.1, 0.15) is 10.6 Å². The van der Waals surface area contributed by atoms with Gasteiger partial charge in [0.2, 0.25) is 0 Å². The summed E-state index contributed by atoms with van der Waals surface area (Å²) < 4.78 is 10.9. The number of nitrogens with zero attached hydrogens (tertiary/aromatic N) is 1. The van der Waals surface area contributed by atoms with E-state index in [9.17, 15) is 4.79 Å². The van der Waals surface area contributed by atoms with Gasteiger partial charge in [-0.3, -0.25) is 4.79 Å². The number of carbonyl (C=O) groups excluding carboxylic acids is 1. The summed E-state index contributed by atoms with van der Waals surface area (Å²) in [5.74, 6) is 1.91. The second kappa shape index (κ2) is 5.99. The first-order chi connectivity index (χ1) is 10.1. The summed E-state index contributed by atoms with van der Waals surface area (Å²) in [6.45, 7) is 5.93. The zero-order valence-corrected chi connectivity index (χ0v) is 13.0. The van der Waals surface area contributed by atoms with Gasteiger partial charge >= 0.3 is 0 Å². The van der Waals surface area contributed by atoms with E-state index in [1.807, 2.05) is 26.0 Å². The van der Waals surface area contributed by atoms with Crippen LogP contribution in [0.2, 0.25) is 0 Å². The Labute approximate surface area is 127 Å². The van der Waals surface area contributed by atoms with Gasteiger partial charge in [-0.05, 0) is 32.4 Å². The monoisotopic (exact) mass is 306 g/mol. The summed E-state index contributed by atoms with van der Waals surface area (Å²) in [7, 11) is 0. The molecule has 1 unspecified atom stereocenters. The molecule has 6 heteroatoms. The Bertz CT molecular complexity index is 641. The summed E-state index contributed by atoms with van der Waals surface area (Å²) in [6.07, 6.45) is 1.01. The number of hydrogen-bond donors (Lipinski definition) is 1. The van der Waals surface area contributed by atoms with Crippen molar-refractivity contribution in [3.63, 3.8) is 0 Å². The number of rotatable bonds is 4. The van der Waals surface area contributed by atoms with Gasteiger partial charge < -0.3 is 14.5 Å². The van der Waals surface area contributed by atoms with E-state index >= 15 is 0 Å². The third-order valence-electron chi connectivity index (χ3n) is 3.53. The van der Waals surface area contributed by atoms with Gasteiger partial charge in [0.15, 0.2) is 10.8 Å². The van der Waals surface area contributed by atoms with E-state index in [-0.39, 0.29) is 5.91 Å². The van der Waals surface area contributed by atoms with Crippen molar-refractivity contribution in [1.29, 1.82) is 0 Å². The lowest BCUT2D eigenvalue weighted by molar-refractivity contribution is 0.0948. The predicted molar refractivity (Wildman–Crippen MR) is 80.5 cm³/mol. The number of aryl methyl sites for hydroxylation is 2. The third kappa shape index (κ3) is 3.16. The number of furan rings is 1. The Balaban J connectivity index is 1.69. The number of aromatic nitrogens is 1. The predicted octanol–water partition coefficient (Wildman–Crippen LogP) is 2.79. The lowest BCUT2D eigenvalue weighted by Gasteiger charge is -2.08. The molecule has 112 valence electrons. The highest BCUT2D eigenvalue weighted by molar-refractivity contribution is 7.17. The van der Waals surface area contributed by atoms with Crippen LogP contribution in [0.25, 0.3) is 10.8 Å². The zero-order valence-electron chi connectivity index (χ0n) is 12.1. The van der Waals surface area contributed by atoms with E-state index in [2.05, 4.69) is 10.3 Å². The second-order valence-corrected chi connectivity index (χ2v) is 6.28. The average Bonchev–Trinajstić information content (AvgIpc) is 3.16. The van der Waals surface area contributed by atoms with Crippen molar-refractivity contribution in [2.45, 2.75) is 20.3 Å². The van der Waals surface area contributed by atoms with E-state index in [1.165, 1.54) is 11.3 Å². The molecule has 1 fully saturated rings. The van der Waals surface area contributed by atoms with Gasteiger partial charge in [0.25, 0.3) is 5.91 Å². The van der Waals surface area contributed by atoms with Gasteiger partial charge in [-0.1, -0.05) is 0 Å². The highest BCUT2D eigenvalue weighted by Gasteiger charge is 2.20. The van der Waals surface area contributed by atoms with E-state index in [0.29, 0.717) is 23.1 Å². The van der Waals surface area contributed by atoms with Crippen LogP contribution >= 0.6 is 11.3 Å². The standard InChI is InChI=1S/C15H18N2O3S/c1-9-3-4-12(20-9)15-17-10(2)13(21-15)14(18)16-7-11-5-6-19-8-11/h3-4,11H,5-8H2,1-2H3,(H,16,18). The minimum Gasteiger partial charge on any atom is -0.459 e. The van der Waals surface area contributed by atoms with Crippen LogP contribution < -0.4 is 5.32 Å². The molecule has 21 heavy (non-hydrogen) atoms. The van der Waals surface area contributed by atoms with Crippen molar-refractivity contribution >= 4 is 17.2 Å². The Morgan fingerprint density at radius 3 is 3.00 bits per heavy atom. The molecule has 3 rings (SSSR count). The maximum Gasteiger partial charge on any atom is 0.263 e. The summed E-state index contributed by atoms with van der Waals surface area (Å²) in [6, 6.07) is 3.77. The molecule has 2 aromatic rings. The first-order valence-electron chi connectivity index (χ1n) is 7.03. The van der Waals surface area contributed by atoms with Crippen LogP contribution in [0.4, 0.5) is 0 Å². The summed E-state index contributed by atoms with van der Waals surface area (Å²) in [5.41, 5.74) is 0.740. The van der Waals surface area contributed by atoms with Crippen LogP contribution in [0, 0.1) is 19.8 Å². The number of nitrogens with one attached hydrogen (secondary N) is 1. The van der Waals surface area contributed by atoms with E-state index in [4.69, 9.17) is 9.15 Å². The topological polar surface area (TPSA) is 64.4 Å². The van der Waals surface area contributed by atoms with Crippen LogP contribution in [0.5, 0.6) is 0 Å². The van der Waals surface area contributed by atoms with E-state index in [0.717, 1.165) is 36.1 Å². The molecule has 0 spiro atoms. The first kappa shape index (κ1) is 14.3. The molecule has 0 bridgehead atoms. The largest absolute Gasteiger partial charge is 0.459 e. The van der Waals surface area contributed by atoms with Crippen LogP contribution in [0.1, 0.15) is 27.5 Å². The van der Waals surface area contributed by atoms with Crippen molar-refractivity contribution in [1.82, 2.24) is 10.3 Å². The fraction of sp³-hybridized carbons (Fsp3) is 0.467. The van der Waals surface area contributed by atoms with Crippen LogP contribution in [0.15, 0.2) is 16.5 Å². The van der Waals surface area contributed by atoms with Gasteiger partial charge in [0, 0.05) is 19.1 Å².